The van der Waals surface area contributed by atoms with Crippen LogP contribution in [-0.4, -0.2) is 59.4 Å². The highest BCUT2D eigenvalue weighted by molar-refractivity contribution is 5.96. The van der Waals surface area contributed by atoms with E-state index in [9.17, 15) is 14.4 Å². The van der Waals surface area contributed by atoms with Gasteiger partial charge in [-0.3, -0.25) is 19.4 Å². The predicted octanol–water partition coefficient (Wildman–Crippen LogP) is 3.92. The van der Waals surface area contributed by atoms with E-state index in [2.05, 4.69) is 15.6 Å². The summed E-state index contributed by atoms with van der Waals surface area (Å²) in [4.78, 5) is 44.9. The number of carbonyl (C=O) groups is 3. The second-order valence-corrected chi connectivity index (χ2v) is 10.8. The van der Waals surface area contributed by atoms with Gasteiger partial charge in [0.15, 0.2) is 6.61 Å². The normalized spacial score (nSPS) is 18.3. The van der Waals surface area contributed by atoms with Crippen molar-refractivity contribution in [2.45, 2.75) is 31.5 Å². The zero-order chi connectivity index (χ0) is 30.5. The van der Waals surface area contributed by atoms with Gasteiger partial charge in [-0.1, -0.05) is 36.4 Å². The Morgan fingerprint density at radius 1 is 0.955 bits per heavy atom. The van der Waals surface area contributed by atoms with Crippen LogP contribution in [0.3, 0.4) is 0 Å². The molecule has 4 heterocycles. The van der Waals surface area contributed by atoms with Crippen LogP contribution < -0.4 is 20.1 Å². The fourth-order valence-electron chi connectivity index (χ4n) is 5.34. The zero-order valence-corrected chi connectivity index (χ0v) is 23.9. The van der Waals surface area contributed by atoms with E-state index in [0.717, 1.165) is 11.1 Å². The number of hydrogen-bond acceptors (Lipinski definition) is 6. The highest BCUT2D eigenvalue weighted by atomic mass is 19.1. The summed E-state index contributed by atoms with van der Waals surface area (Å²) < 4.78 is 27.0. The van der Waals surface area contributed by atoms with E-state index in [1.54, 1.807) is 53.7 Å². The molecule has 6 bridgehead atoms. The summed E-state index contributed by atoms with van der Waals surface area (Å²) in [6.45, 7) is 0.599. The molecule has 0 radical (unpaired) electrons. The third-order valence-electron chi connectivity index (χ3n) is 7.73. The van der Waals surface area contributed by atoms with Crippen LogP contribution >= 0.6 is 0 Å². The molecule has 0 unspecified atom stereocenters. The first-order chi connectivity index (χ1) is 21.4. The summed E-state index contributed by atoms with van der Waals surface area (Å²) in [5.41, 5.74) is 2.98. The largest absolute Gasteiger partial charge is 0.486 e. The van der Waals surface area contributed by atoms with Gasteiger partial charge in [-0.05, 0) is 71.1 Å². The fourth-order valence-corrected chi connectivity index (χ4v) is 5.34. The third kappa shape index (κ3) is 6.86. The summed E-state index contributed by atoms with van der Waals surface area (Å²) in [5.74, 6) is -0.641. The lowest BCUT2D eigenvalue weighted by Gasteiger charge is -2.21. The Morgan fingerprint density at radius 3 is 2.61 bits per heavy atom. The van der Waals surface area contributed by atoms with Crippen LogP contribution in [0, 0.1) is 5.82 Å². The maximum Gasteiger partial charge on any atom is 0.258 e. The first-order valence-corrected chi connectivity index (χ1v) is 14.4. The second-order valence-electron chi connectivity index (χ2n) is 10.8. The number of nitrogens with one attached hydrogen (secondary N) is 2. The number of rotatable bonds is 3. The summed E-state index contributed by atoms with van der Waals surface area (Å²) in [7, 11) is 0. The van der Waals surface area contributed by atoms with E-state index >= 15 is 4.39 Å². The molecule has 0 spiro atoms. The molecule has 224 valence electrons. The number of fused-ring (bicyclic) bond motifs is 7. The van der Waals surface area contributed by atoms with E-state index in [1.807, 2.05) is 30.3 Å². The minimum Gasteiger partial charge on any atom is -0.486 e. The molecule has 3 aromatic carbocycles. The topological polar surface area (TPSA) is 110 Å². The monoisotopic (exact) mass is 594 g/mol. The third-order valence-corrected chi connectivity index (χ3v) is 7.73. The molecule has 2 N–H and O–H groups in total. The Balaban J connectivity index is 1.28. The Labute approximate surface area is 254 Å². The number of hydrogen-bond donors (Lipinski definition) is 2. The number of aryl methyl sites for hydroxylation is 1. The van der Waals surface area contributed by atoms with Gasteiger partial charge in [0.1, 0.15) is 23.4 Å². The number of aromatic nitrogens is 1. The van der Waals surface area contributed by atoms with Crippen molar-refractivity contribution in [3.05, 3.63) is 114 Å². The molecule has 1 saturated heterocycles. The van der Waals surface area contributed by atoms with Crippen molar-refractivity contribution in [3.8, 4) is 22.6 Å². The standard InChI is InChI=1S/C34H31FN4O5/c35-29-12-9-25-16-28(29)34(42)38-30-19-39(33(41)13-8-22-3-2-14-36-17-22)20-31(30)44-26-10-6-23(7-11-26)18-37-32(40)21-43-27-5-1-4-24(25)15-27/h1-7,9-12,14-17,30-31H,8,13,18-21H2,(H,37,40)(H,38,42)/t30-,31-/m0/s1. The number of ether oxygens (including phenoxy) is 2. The lowest BCUT2D eigenvalue weighted by atomic mass is 10.0. The van der Waals surface area contributed by atoms with Gasteiger partial charge in [0.25, 0.3) is 11.8 Å². The van der Waals surface area contributed by atoms with Crippen LogP contribution in [0.25, 0.3) is 11.1 Å². The Bertz CT molecular complexity index is 1660. The van der Waals surface area contributed by atoms with Gasteiger partial charge >= 0.3 is 0 Å². The highest BCUT2D eigenvalue weighted by Crippen LogP contribution is 2.27. The van der Waals surface area contributed by atoms with E-state index < -0.39 is 23.9 Å². The van der Waals surface area contributed by atoms with Crippen molar-refractivity contribution in [3.63, 3.8) is 0 Å². The van der Waals surface area contributed by atoms with Gasteiger partial charge < -0.3 is 25.0 Å². The van der Waals surface area contributed by atoms with Gasteiger partial charge in [0.05, 0.1) is 18.2 Å². The van der Waals surface area contributed by atoms with Gasteiger partial charge in [0.2, 0.25) is 5.91 Å². The van der Waals surface area contributed by atoms with Gasteiger partial charge in [0, 0.05) is 31.9 Å². The van der Waals surface area contributed by atoms with Crippen molar-refractivity contribution in [1.82, 2.24) is 20.5 Å². The lowest BCUT2D eigenvalue weighted by molar-refractivity contribution is -0.130. The minimum absolute atomic E-state index is 0.0777. The predicted molar refractivity (Wildman–Crippen MR) is 160 cm³/mol. The first-order valence-electron chi connectivity index (χ1n) is 14.4. The van der Waals surface area contributed by atoms with E-state index in [4.69, 9.17) is 9.47 Å². The lowest BCUT2D eigenvalue weighted by Crippen LogP contribution is -2.45. The van der Waals surface area contributed by atoms with Crippen LogP contribution in [-0.2, 0) is 22.6 Å². The number of pyridine rings is 1. The number of amides is 3. The molecule has 10 heteroatoms. The average Bonchev–Trinajstić information content (AvgIpc) is 3.44. The van der Waals surface area contributed by atoms with Crippen molar-refractivity contribution in [2.24, 2.45) is 0 Å². The number of carbonyl (C=O) groups excluding carboxylic acids is 3. The quantitative estimate of drug-likeness (QED) is 0.372. The molecule has 9 nitrogen and oxygen atoms in total. The Kier molecular flexibility index (Phi) is 8.49. The van der Waals surface area contributed by atoms with Crippen LogP contribution in [0.15, 0.2) is 91.3 Å². The molecule has 3 amide bonds. The Morgan fingerprint density at radius 2 is 1.80 bits per heavy atom. The maximum atomic E-state index is 15.0. The second kappa shape index (κ2) is 12.9. The molecule has 3 aliphatic heterocycles. The zero-order valence-electron chi connectivity index (χ0n) is 23.9. The molecular formula is C34H31FN4O5. The molecule has 0 aliphatic carbocycles. The molecular weight excluding hydrogens is 563 g/mol. The molecule has 4 aromatic rings. The molecule has 2 atom stereocenters. The first kappa shape index (κ1) is 28.9. The Hall–Kier alpha value is -5.25. The average molecular weight is 595 g/mol. The van der Waals surface area contributed by atoms with Crippen LogP contribution in [0.2, 0.25) is 0 Å². The molecule has 0 saturated carbocycles. The number of benzene rings is 3. The number of likely N-dealkylation sites (tertiary alicyclic amines) is 1. The SMILES string of the molecule is O=C1COc2cccc(c2)-c2ccc(F)c(c2)C(=O)N[C@H]2CN(C(=O)CCc3cccnc3)C[C@@H]2Oc2ccc(cc2)CN1. The van der Waals surface area contributed by atoms with Gasteiger partial charge in [-0.15, -0.1) is 0 Å². The van der Waals surface area contributed by atoms with Gasteiger partial charge in [-0.25, -0.2) is 4.39 Å². The summed E-state index contributed by atoms with van der Waals surface area (Å²) in [5, 5.41) is 5.77. The molecule has 7 rings (SSSR count). The van der Waals surface area contributed by atoms with Crippen LogP contribution in [0.4, 0.5) is 4.39 Å². The van der Waals surface area contributed by atoms with Crippen molar-refractivity contribution in [1.29, 1.82) is 0 Å². The molecule has 1 fully saturated rings. The van der Waals surface area contributed by atoms with E-state index in [0.29, 0.717) is 35.6 Å². The minimum atomic E-state index is -0.673. The van der Waals surface area contributed by atoms with Crippen molar-refractivity contribution in [2.75, 3.05) is 19.7 Å². The van der Waals surface area contributed by atoms with Crippen LogP contribution in [0.1, 0.15) is 27.9 Å². The molecule has 1 aromatic heterocycles. The summed E-state index contributed by atoms with van der Waals surface area (Å²) in [6.07, 6.45) is 3.66. The number of nitrogens with zero attached hydrogens (tertiary/aromatic N) is 2. The van der Waals surface area contributed by atoms with Crippen molar-refractivity contribution < 1.29 is 28.2 Å². The number of halogens is 1. The van der Waals surface area contributed by atoms with Crippen LogP contribution in [0.5, 0.6) is 11.5 Å². The highest BCUT2D eigenvalue weighted by Gasteiger charge is 2.38. The molecule has 44 heavy (non-hydrogen) atoms. The van der Waals surface area contributed by atoms with Crippen molar-refractivity contribution >= 4 is 17.7 Å². The maximum absolute atomic E-state index is 15.0. The summed E-state index contributed by atoms with van der Waals surface area (Å²) >= 11 is 0. The van der Waals surface area contributed by atoms with E-state index in [-0.39, 0.29) is 43.5 Å². The smallest absolute Gasteiger partial charge is 0.258 e. The summed E-state index contributed by atoms with van der Waals surface area (Å²) in [6, 6.07) is 21.7. The van der Waals surface area contributed by atoms with Gasteiger partial charge in [-0.2, -0.15) is 0 Å². The molecule has 3 aliphatic rings. The van der Waals surface area contributed by atoms with E-state index in [1.165, 1.54) is 12.1 Å². The fraction of sp³-hybridized carbons (Fsp3) is 0.235.